The molecule has 3 aliphatic rings. The van der Waals surface area contributed by atoms with Gasteiger partial charge in [0.2, 0.25) is 0 Å². The minimum atomic E-state index is 0.895. The third-order valence-corrected chi connectivity index (χ3v) is 7.71. The Morgan fingerprint density at radius 3 is 1.46 bits per heavy atom. The number of benzene rings is 2. The van der Waals surface area contributed by atoms with Gasteiger partial charge in [0.25, 0.3) is 0 Å². The van der Waals surface area contributed by atoms with E-state index >= 15 is 0 Å². The van der Waals surface area contributed by atoms with Crippen molar-refractivity contribution >= 4 is 43.2 Å². The lowest BCUT2D eigenvalue weighted by molar-refractivity contribution is 0.457. The molecule has 0 radical (unpaired) electrons. The molecule has 0 amide bonds. The SMILES string of the molecule is Brc1cc(N2CCCCC2)cc2c1Cc1c(Br)cc(N3CCCCC3)cc1O2. The van der Waals surface area contributed by atoms with E-state index in [0.717, 1.165) is 53.0 Å². The Morgan fingerprint density at radius 2 is 1.04 bits per heavy atom. The molecule has 148 valence electrons. The number of halogens is 2. The molecular formula is C23H26Br2N2O. The number of rotatable bonds is 2. The monoisotopic (exact) mass is 504 g/mol. The molecule has 0 spiro atoms. The highest BCUT2D eigenvalue weighted by Crippen LogP contribution is 2.46. The van der Waals surface area contributed by atoms with E-state index < -0.39 is 0 Å². The molecule has 5 rings (SSSR count). The average Bonchev–Trinajstić information content (AvgIpc) is 2.74. The second-order valence-corrected chi connectivity index (χ2v) is 9.89. The van der Waals surface area contributed by atoms with Gasteiger partial charge in [-0.1, -0.05) is 31.9 Å². The molecule has 0 aromatic heterocycles. The smallest absolute Gasteiger partial charge is 0.134 e. The fourth-order valence-corrected chi connectivity index (χ4v) is 5.83. The van der Waals surface area contributed by atoms with Crippen LogP contribution >= 0.6 is 31.9 Å². The summed E-state index contributed by atoms with van der Waals surface area (Å²) in [5.41, 5.74) is 5.06. The topological polar surface area (TPSA) is 15.7 Å². The predicted molar refractivity (Wildman–Crippen MR) is 123 cm³/mol. The highest BCUT2D eigenvalue weighted by atomic mass is 79.9. The van der Waals surface area contributed by atoms with Crippen molar-refractivity contribution in [3.05, 3.63) is 44.3 Å². The minimum absolute atomic E-state index is 0.895. The largest absolute Gasteiger partial charge is 0.457 e. The normalized spacial score (nSPS) is 19.1. The van der Waals surface area contributed by atoms with E-state index in [9.17, 15) is 0 Å². The van der Waals surface area contributed by atoms with E-state index in [1.807, 2.05) is 0 Å². The third-order valence-electron chi connectivity index (χ3n) is 6.29. The lowest BCUT2D eigenvalue weighted by Crippen LogP contribution is -2.29. The van der Waals surface area contributed by atoms with Gasteiger partial charge in [-0.25, -0.2) is 0 Å². The molecule has 2 aromatic carbocycles. The molecule has 0 saturated carbocycles. The Bertz CT molecular complexity index is 815. The maximum absolute atomic E-state index is 6.49. The highest BCUT2D eigenvalue weighted by Gasteiger charge is 2.25. The lowest BCUT2D eigenvalue weighted by atomic mass is 9.98. The molecule has 5 heteroatoms. The van der Waals surface area contributed by atoms with Crippen LogP contribution in [0.2, 0.25) is 0 Å². The number of nitrogens with zero attached hydrogens (tertiary/aromatic N) is 2. The number of fused-ring (bicyclic) bond motifs is 2. The van der Waals surface area contributed by atoms with Gasteiger partial charge in [0, 0.05) is 76.2 Å². The van der Waals surface area contributed by atoms with Crippen molar-refractivity contribution in [2.24, 2.45) is 0 Å². The van der Waals surface area contributed by atoms with Crippen LogP contribution < -0.4 is 14.5 Å². The summed E-state index contributed by atoms with van der Waals surface area (Å²) in [5.74, 6) is 2.01. The molecule has 2 fully saturated rings. The number of ether oxygens (including phenoxy) is 1. The van der Waals surface area contributed by atoms with E-state index in [4.69, 9.17) is 4.74 Å². The van der Waals surface area contributed by atoms with Gasteiger partial charge in [-0.15, -0.1) is 0 Å². The van der Waals surface area contributed by atoms with Crippen LogP contribution in [0.3, 0.4) is 0 Å². The maximum atomic E-state index is 6.49. The summed E-state index contributed by atoms with van der Waals surface area (Å²) in [4.78, 5) is 4.99. The minimum Gasteiger partial charge on any atom is -0.457 e. The zero-order valence-electron chi connectivity index (χ0n) is 16.1. The first-order chi connectivity index (χ1) is 13.7. The van der Waals surface area contributed by atoms with Crippen molar-refractivity contribution in [2.75, 3.05) is 36.0 Å². The van der Waals surface area contributed by atoms with Crippen LogP contribution in [0.25, 0.3) is 0 Å². The van der Waals surface area contributed by atoms with Gasteiger partial charge in [0.1, 0.15) is 11.5 Å². The second kappa shape index (κ2) is 7.91. The summed E-state index contributed by atoms with van der Waals surface area (Å²) in [6.07, 6.45) is 8.72. The Morgan fingerprint density at radius 1 is 0.607 bits per heavy atom. The maximum Gasteiger partial charge on any atom is 0.134 e. The molecule has 3 heterocycles. The van der Waals surface area contributed by atoms with Gasteiger partial charge < -0.3 is 14.5 Å². The van der Waals surface area contributed by atoms with Crippen LogP contribution in [0.1, 0.15) is 49.7 Å². The van der Waals surface area contributed by atoms with Gasteiger partial charge in [0.15, 0.2) is 0 Å². The fourth-order valence-electron chi connectivity index (χ4n) is 4.69. The zero-order chi connectivity index (χ0) is 19.1. The Hall–Kier alpha value is -1.20. The molecule has 0 aliphatic carbocycles. The fraction of sp³-hybridized carbons (Fsp3) is 0.478. The van der Waals surface area contributed by atoms with Gasteiger partial charge >= 0.3 is 0 Å². The summed E-state index contributed by atoms with van der Waals surface area (Å²) in [6, 6.07) is 9.04. The van der Waals surface area contributed by atoms with Gasteiger partial charge in [0.05, 0.1) is 0 Å². The van der Waals surface area contributed by atoms with Gasteiger partial charge in [-0.2, -0.15) is 0 Å². The number of hydrogen-bond donors (Lipinski definition) is 0. The summed E-state index contributed by atoms with van der Waals surface area (Å²) in [6.45, 7) is 4.58. The van der Waals surface area contributed by atoms with Crippen LogP contribution in [-0.4, -0.2) is 26.2 Å². The summed E-state index contributed by atoms with van der Waals surface area (Å²) in [7, 11) is 0. The number of hydrogen-bond acceptors (Lipinski definition) is 3. The van der Waals surface area contributed by atoms with Crippen LogP contribution in [0.15, 0.2) is 33.2 Å². The van der Waals surface area contributed by atoms with Gasteiger partial charge in [-0.3, -0.25) is 0 Å². The Labute approximate surface area is 184 Å². The van der Waals surface area contributed by atoms with Crippen LogP contribution in [0.4, 0.5) is 11.4 Å². The average molecular weight is 506 g/mol. The molecule has 28 heavy (non-hydrogen) atoms. The molecule has 0 N–H and O–H groups in total. The van der Waals surface area contributed by atoms with Crippen molar-refractivity contribution in [2.45, 2.75) is 44.9 Å². The quantitative estimate of drug-likeness (QED) is 0.377. The molecule has 0 bridgehead atoms. The van der Waals surface area contributed by atoms with E-state index in [2.05, 4.69) is 65.9 Å². The number of piperidine rings is 2. The molecule has 3 aliphatic heterocycles. The molecule has 0 atom stereocenters. The van der Waals surface area contributed by atoms with E-state index in [0.29, 0.717) is 0 Å². The summed E-state index contributed by atoms with van der Waals surface area (Å²) in [5, 5.41) is 0. The van der Waals surface area contributed by atoms with Crippen molar-refractivity contribution in [1.29, 1.82) is 0 Å². The van der Waals surface area contributed by atoms with Crippen molar-refractivity contribution < 1.29 is 4.74 Å². The first-order valence-electron chi connectivity index (χ1n) is 10.5. The van der Waals surface area contributed by atoms with Crippen molar-refractivity contribution in [1.82, 2.24) is 0 Å². The number of anilines is 2. The molecule has 3 nitrogen and oxygen atoms in total. The van der Waals surface area contributed by atoms with Crippen molar-refractivity contribution in [3.8, 4) is 11.5 Å². The standard InChI is InChI=1S/C23H26Br2N2O/c24-20-11-16(26-7-3-1-4-8-26)13-22-18(20)15-19-21(25)12-17(14-23(19)28-22)27-9-5-2-6-10-27/h11-14H,1-10,15H2. The predicted octanol–water partition coefficient (Wildman–Crippen LogP) is 6.89. The molecular weight excluding hydrogens is 480 g/mol. The van der Waals surface area contributed by atoms with Crippen LogP contribution in [0.5, 0.6) is 11.5 Å². The second-order valence-electron chi connectivity index (χ2n) is 8.18. The van der Waals surface area contributed by atoms with E-state index in [1.165, 1.54) is 61.0 Å². The van der Waals surface area contributed by atoms with Crippen LogP contribution in [-0.2, 0) is 6.42 Å². The summed E-state index contributed by atoms with van der Waals surface area (Å²) < 4.78 is 8.80. The van der Waals surface area contributed by atoms with Crippen molar-refractivity contribution in [3.63, 3.8) is 0 Å². The first kappa shape index (κ1) is 18.8. The zero-order valence-corrected chi connectivity index (χ0v) is 19.3. The highest BCUT2D eigenvalue weighted by molar-refractivity contribution is 9.10. The van der Waals surface area contributed by atoms with Crippen LogP contribution in [0, 0.1) is 0 Å². The Kier molecular flexibility index (Phi) is 5.31. The first-order valence-corrected chi connectivity index (χ1v) is 12.1. The van der Waals surface area contributed by atoms with E-state index in [-0.39, 0.29) is 0 Å². The lowest BCUT2D eigenvalue weighted by Gasteiger charge is -2.32. The molecule has 0 unspecified atom stereocenters. The van der Waals surface area contributed by atoms with Gasteiger partial charge in [-0.05, 0) is 50.7 Å². The molecule has 2 aromatic rings. The van der Waals surface area contributed by atoms with E-state index in [1.54, 1.807) is 0 Å². The third kappa shape index (κ3) is 3.56. The Balaban J connectivity index is 1.48. The molecule has 2 saturated heterocycles. The summed E-state index contributed by atoms with van der Waals surface area (Å²) >= 11 is 7.65.